The van der Waals surface area contributed by atoms with Gasteiger partial charge in [-0.15, -0.1) is 11.6 Å². The molecular weight excluding hydrogens is 308 g/mol. The SMILES string of the molecule is CCCCCCCCC(Cl)CCCCCCCCCOC(C)=O. The minimum atomic E-state index is -0.165. The normalized spacial score (nSPS) is 12.3. The van der Waals surface area contributed by atoms with Crippen LogP contribution in [0.3, 0.4) is 0 Å². The van der Waals surface area contributed by atoms with Crippen molar-refractivity contribution < 1.29 is 9.53 Å². The molecule has 0 aliphatic carbocycles. The highest BCUT2D eigenvalue weighted by atomic mass is 35.5. The molecular formula is C20H39ClO2. The number of carbonyl (C=O) groups excluding carboxylic acids is 1. The van der Waals surface area contributed by atoms with Gasteiger partial charge in [-0.05, 0) is 19.3 Å². The Balaban J connectivity index is 3.14. The summed E-state index contributed by atoms with van der Waals surface area (Å²) in [5, 5.41) is 0.393. The lowest BCUT2D eigenvalue weighted by Gasteiger charge is -2.09. The first-order valence-corrected chi connectivity index (χ1v) is 10.4. The third-order valence-corrected chi connectivity index (χ3v) is 4.77. The maximum absolute atomic E-state index is 10.6. The Morgan fingerprint density at radius 3 is 1.70 bits per heavy atom. The van der Waals surface area contributed by atoms with Crippen LogP contribution in [0.2, 0.25) is 0 Å². The van der Waals surface area contributed by atoms with Crippen molar-refractivity contribution in [3.8, 4) is 0 Å². The smallest absolute Gasteiger partial charge is 0.302 e. The maximum atomic E-state index is 10.6. The zero-order chi connectivity index (χ0) is 17.2. The average molecular weight is 347 g/mol. The maximum Gasteiger partial charge on any atom is 0.302 e. The van der Waals surface area contributed by atoms with Crippen molar-refractivity contribution in [2.45, 2.75) is 116 Å². The highest BCUT2D eigenvalue weighted by Crippen LogP contribution is 2.18. The first-order chi connectivity index (χ1) is 11.2. The van der Waals surface area contributed by atoms with Crippen LogP contribution in [0, 0.1) is 0 Å². The van der Waals surface area contributed by atoms with Crippen LogP contribution >= 0.6 is 11.6 Å². The molecule has 0 saturated heterocycles. The molecule has 0 amide bonds. The molecule has 0 heterocycles. The Morgan fingerprint density at radius 1 is 0.783 bits per heavy atom. The Labute approximate surface area is 149 Å². The summed E-state index contributed by atoms with van der Waals surface area (Å²) in [4.78, 5) is 10.6. The van der Waals surface area contributed by atoms with Gasteiger partial charge >= 0.3 is 5.97 Å². The number of unbranched alkanes of at least 4 members (excludes halogenated alkanes) is 11. The van der Waals surface area contributed by atoms with E-state index >= 15 is 0 Å². The summed E-state index contributed by atoms with van der Waals surface area (Å²) < 4.78 is 4.92. The molecule has 0 aliphatic rings. The molecule has 0 rings (SSSR count). The third kappa shape index (κ3) is 19.7. The molecule has 1 atom stereocenters. The lowest BCUT2D eigenvalue weighted by molar-refractivity contribution is -0.141. The molecule has 23 heavy (non-hydrogen) atoms. The lowest BCUT2D eigenvalue weighted by atomic mass is 10.0. The molecule has 0 aromatic rings. The van der Waals surface area contributed by atoms with E-state index in [1.807, 2.05) is 0 Å². The molecule has 0 aromatic carbocycles. The second-order valence-corrected chi connectivity index (χ2v) is 7.37. The first-order valence-electron chi connectivity index (χ1n) is 9.94. The predicted octanol–water partition coefficient (Wildman–Crippen LogP) is 7.03. The number of halogens is 1. The second kappa shape index (κ2) is 18.1. The van der Waals surface area contributed by atoms with Crippen molar-refractivity contribution in [3.63, 3.8) is 0 Å². The van der Waals surface area contributed by atoms with Crippen LogP contribution in [0.5, 0.6) is 0 Å². The molecule has 0 aliphatic heterocycles. The number of ether oxygens (including phenoxy) is 1. The van der Waals surface area contributed by atoms with Crippen molar-refractivity contribution >= 4 is 17.6 Å². The minimum Gasteiger partial charge on any atom is -0.466 e. The van der Waals surface area contributed by atoms with Crippen LogP contribution in [-0.2, 0) is 9.53 Å². The lowest BCUT2D eigenvalue weighted by Crippen LogP contribution is -2.00. The summed E-state index contributed by atoms with van der Waals surface area (Å²) in [7, 11) is 0. The van der Waals surface area contributed by atoms with Crippen LogP contribution in [0.4, 0.5) is 0 Å². The Bertz CT molecular complexity index is 256. The summed E-state index contributed by atoms with van der Waals surface area (Å²) in [6.07, 6.45) is 19.1. The largest absolute Gasteiger partial charge is 0.466 e. The van der Waals surface area contributed by atoms with E-state index in [9.17, 15) is 4.79 Å². The number of esters is 1. The van der Waals surface area contributed by atoms with Gasteiger partial charge in [0, 0.05) is 12.3 Å². The summed E-state index contributed by atoms with van der Waals surface area (Å²) in [5.74, 6) is -0.165. The summed E-state index contributed by atoms with van der Waals surface area (Å²) in [5.41, 5.74) is 0. The summed E-state index contributed by atoms with van der Waals surface area (Å²) in [6.45, 7) is 4.32. The fraction of sp³-hybridized carbons (Fsp3) is 0.950. The molecule has 1 unspecified atom stereocenters. The van der Waals surface area contributed by atoms with Gasteiger partial charge in [-0.3, -0.25) is 4.79 Å². The summed E-state index contributed by atoms with van der Waals surface area (Å²) in [6, 6.07) is 0. The van der Waals surface area contributed by atoms with Gasteiger partial charge < -0.3 is 4.74 Å². The molecule has 0 N–H and O–H groups in total. The molecule has 138 valence electrons. The van der Waals surface area contributed by atoms with Gasteiger partial charge in [-0.2, -0.15) is 0 Å². The zero-order valence-electron chi connectivity index (χ0n) is 15.6. The van der Waals surface area contributed by atoms with Gasteiger partial charge in [0.2, 0.25) is 0 Å². The van der Waals surface area contributed by atoms with Crippen molar-refractivity contribution in [1.29, 1.82) is 0 Å². The van der Waals surface area contributed by atoms with E-state index in [1.54, 1.807) is 0 Å². The van der Waals surface area contributed by atoms with Gasteiger partial charge in [-0.25, -0.2) is 0 Å². The fourth-order valence-corrected chi connectivity index (χ4v) is 3.17. The molecule has 0 saturated carbocycles. The summed E-state index contributed by atoms with van der Waals surface area (Å²) >= 11 is 6.40. The van der Waals surface area contributed by atoms with E-state index in [2.05, 4.69) is 6.92 Å². The van der Waals surface area contributed by atoms with Crippen molar-refractivity contribution in [2.24, 2.45) is 0 Å². The first kappa shape index (κ1) is 22.8. The number of rotatable bonds is 17. The zero-order valence-corrected chi connectivity index (χ0v) is 16.3. The van der Waals surface area contributed by atoms with Gasteiger partial charge in [0.1, 0.15) is 0 Å². The van der Waals surface area contributed by atoms with Gasteiger partial charge in [0.25, 0.3) is 0 Å². The third-order valence-electron chi connectivity index (χ3n) is 4.34. The minimum absolute atomic E-state index is 0.165. The van der Waals surface area contributed by atoms with Gasteiger partial charge in [-0.1, -0.05) is 84.0 Å². The monoisotopic (exact) mass is 346 g/mol. The number of alkyl halides is 1. The van der Waals surface area contributed by atoms with E-state index < -0.39 is 0 Å². The topological polar surface area (TPSA) is 26.3 Å². The highest BCUT2D eigenvalue weighted by Gasteiger charge is 2.04. The predicted molar refractivity (Wildman–Crippen MR) is 101 cm³/mol. The number of hydrogen-bond acceptors (Lipinski definition) is 2. The molecule has 0 radical (unpaired) electrons. The van der Waals surface area contributed by atoms with E-state index in [0.29, 0.717) is 12.0 Å². The van der Waals surface area contributed by atoms with Crippen LogP contribution in [0.15, 0.2) is 0 Å². The van der Waals surface area contributed by atoms with Gasteiger partial charge in [0.15, 0.2) is 0 Å². The van der Waals surface area contributed by atoms with Crippen molar-refractivity contribution in [2.75, 3.05) is 6.61 Å². The Kier molecular flexibility index (Phi) is 17.9. The molecule has 0 spiro atoms. The Morgan fingerprint density at radius 2 is 1.22 bits per heavy atom. The van der Waals surface area contributed by atoms with E-state index in [1.165, 1.54) is 96.8 Å². The highest BCUT2D eigenvalue weighted by molar-refractivity contribution is 6.20. The fourth-order valence-electron chi connectivity index (χ4n) is 2.86. The molecule has 0 fully saturated rings. The van der Waals surface area contributed by atoms with E-state index in [4.69, 9.17) is 16.3 Å². The van der Waals surface area contributed by atoms with Crippen LogP contribution in [0.1, 0.15) is 110 Å². The Hall–Kier alpha value is -0.240. The number of hydrogen-bond donors (Lipinski definition) is 0. The van der Waals surface area contributed by atoms with E-state index in [-0.39, 0.29) is 5.97 Å². The van der Waals surface area contributed by atoms with Crippen molar-refractivity contribution in [1.82, 2.24) is 0 Å². The molecule has 0 bridgehead atoms. The van der Waals surface area contributed by atoms with Crippen LogP contribution in [0.25, 0.3) is 0 Å². The van der Waals surface area contributed by atoms with Crippen LogP contribution in [-0.4, -0.2) is 18.0 Å². The second-order valence-electron chi connectivity index (χ2n) is 6.76. The van der Waals surface area contributed by atoms with Crippen LogP contribution < -0.4 is 0 Å². The molecule has 3 heteroatoms. The number of carbonyl (C=O) groups is 1. The van der Waals surface area contributed by atoms with Gasteiger partial charge in [0.05, 0.1) is 6.61 Å². The standard InChI is InChI=1S/C20H39ClO2/c1-3-4-5-6-10-13-16-20(21)17-14-11-8-7-9-12-15-18-23-19(2)22/h20H,3-18H2,1-2H3. The van der Waals surface area contributed by atoms with E-state index in [0.717, 1.165) is 6.42 Å². The molecule has 2 nitrogen and oxygen atoms in total. The van der Waals surface area contributed by atoms with Crippen molar-refractivity contribution in [3.05, 3.63) is 0 Å². The molecule has 0 aromatic heterocycles. The average Bonchev–Trinajstić information content (AvgIpc) is 2.52. The quantitative estimate of drug-likeness (QED) is 0.160.